The Hall–Kier alpha value is -2.43. The summed E-state index contributed by atoms with van der Waals surface area (Å²) < 4.78 is 39.4. The van der Waals surface area contributed by atoms with Crippen LogP contribution in [0.5, 0.6) is 0 Å². The van der Waals surface area contributed by atoms with Gasteiger partial charge in [0.2, 0.25) is 0 Å². The molecule has 0 saturated carbocycles. The Balaban J connectivity index is 2.07. The highest BCUT2D eigenvalue weighted by atomic mass is 19.4. The lowest BCUT2D eigenvalue weighted by molar-refractivity contribution is -0.137. The maximum atomic E-state index is 12.5. The standard InChI is InChI=1S/C15H11F3N2/c16-15(17,18)11-1-4-13(5-2-11)20-8-7-10-9-12(19)3-6-14(10)20/h1-9H,19H2. The van der Waals surface area contributed by atoms with Crippen molar-refractivity contribution in [2.75, 3.05) is 5.73 Å². The first-order valence-electron chi connectivity index (χ1n) is 5.99. The lowest BCUT2D eigenvalue weighted by Crippen LogP contribution is -2.04. The molecule has 5 heteroatoms. The van der Waals surface area contributed by atoms with Gasteiger partial charge in [0.15, 0.2) is 0 Å². The minimum atomic E-state index is -4.31. The monoisotopic (exact) mass is 276 g/mol. The van der Waals surface area contributed by atoms with Gasteiger partial charge in [-0.25, -0.2) is 0 Å². The van der Waals surface area contributed by atoms with Crippen molar-refractivity contribution in [2.24, 2.45) is 0 Å². The smallest absolute Gasteiger partial charge is 0.399 e. The van der Waals surface area contributed by atoms with E-state index in [1.807, 2.05) is 29.0 Å². The SMILES string of the molecule is Nc1ccc2c(ccn2-c2ccc(C(F)(F)F)cc2)c1. The van der Waals surface area contributed by atoms with Crippen LogP contribution in [0.15, 0.2) is 54.7 Å². The summed E-state index contributed by atoms with van der Waals surface area (Å²) in [5, 5.41) is 0.949. The van der Waals surface area contributed by atoms with E-state index in [1.165, 1.54) is 12.1 Å². The van der Waals surface area contributed by atoms with Crippen LogP contribution in [0.2, 0.25) is 0 Å². The summed E-state index contributed by atoms with van der Waals surface area (Å²) in [4.78, 5) is 0. The fourth-order valence-electron chi connectivity index (χ4n) is 2.20. The fourth-order valence-corrected chi connectivity index (χ4v) is 2.20. The molecule has 0 amide bonds. The minimum absolute atomic E-state index is 0.651. The maximum Gasteiger partial charge on any atom is 0.416 e. The molecule has 0 aliphatic heterocycles. The number of hydrogen-bond acceptors (Lipinski definition) is 1. The van der Waals surface area contributed by atoms with E-state index < -0.39 is 11.7 Å². The summed E-state index contributed by atoms with van der Waals surface area (Å²) in [5.74, 6) is 0. The number of nitrogens with two attached hydrogens (primary N) is 1. The van der Waals surface area contributed by atoms with Gasteiger partial charge in [-0.3, -0.25) is 0 Å². The highest BCUT2D eigenvalue weighted by Gasteiger charge is 2.29. The van der Waals surface area contributed by atoms with Crippen LogP contribution in [-0.2, 0) is 6.18 Å². The number of aromatic nitrogens is 1. The Morgan fingerprint density at radius 1 is 0.900 bits per heavy atom. The third-order valence-electron chi connectivity index (χ3n) is 3.19. The summed E-state index contributed by atoms with van der Waals surface area (Å²) in [5.41, 5.74) is 7.29. The zero-order valence-electron chi connectivity index (χ0n) is 10.4. The lowest BCUT2D eigenvalue weighted by atomic mass is 10.2. The van der Waals surface area contributed by atoms with Gasteiger partial charge in [0.25, 0.3) is 0 Å². The summed E-state index contributed by atoms with van der Waals surface area (Å²) in [6.45, 7) is 0. The van der Waals surface area contributed by atoms with Crippen LogP contribution in [0, 0.1) is 0 Å². The average molecular weight is 276 g/mol. The quantitative estimate of drug-likeness (QED) is 0.662. The van der Waals surface area contributed by atoms with Crippen molar-refractivity contribution >= 4 is 16.6 Å². The van der Waals surface area contributed by atoms with Gasteiger partial charge in [0.05, 0.1) is 11.1 Å². The van der Waals surface area contributed by atoms with E-state index in [-0.39, 0.29) is 0 Å². The van der Waals surface area contributed by atoms with Crippen LogP contribution >= 0.6 is 0 Å². The Labute approximate surface area is 113 Å². The van der Waals surface area contributed by atoms with Crippen molar-refractivity contribution in [3.05, 3.63) is 60.3 Å². The van der Waals surface area contributed by atoms with Gasteiger partial charge < -0.3 is 10.3 Å². The molecule has 1 heterocycles. The van der Waals surface area contributed by atoms with Gasteiger partial charge in [-0.05, 0) is 48.5 Å². The topological polar surface area (TPSA) is 30.9 Å². The average Bonchev–Trinajstić information content (AvgIpc) is 2.80. The molecule has 2 N–H and O–H groups in total. The van der Waals surface area contributed by atoms with Gasteiger partial charge in [-0.2, -0.15) is 13.2 Å². The highest BCUT2D eigenvalue weighted by Crippen LogP contribution is 2.30. The molecule has 102 valence electrons. The van der Waals surface area contributed by atoms with E-state index >= 15 is 0 Å². The summed E-state index contributed by atoms with van der Waals surface area (Å²) in [6.07, 6.45) is -2.50. The molecule has 20 heavy (non-hydrogen) atoms. The molecule has 0 bridgehead atoms. The first-order chi connectivity index (χ1) is 9.45. The number of hydrogen-bond donors (Lipinski definition) is 1. The molecule has 0 fully saturated rings. The fraction of sp³-hybridized carbons (Fsp3) is 0.0667. The van der Waals surface area contributed by atoms with E-state index in [2.05, 4.69) is 0 Å². The Morgan fingerprint density at radius 3 is 2.25 bits per heavy atom. The van der Waals surface area contributed by atoms with Crippen LogP contribution in [0.1, 0.15) is 5.56 Å². The highest BCUT2D eigenvalue weighted by molar-refractivity contribution is 5.84. The molecule has 3 aromatic rings. The van der Waals surface area contributed by atoms with E-state index in [0.29, 0.717) is 11.4 Å². The van der Waals surface area contributed by atoms with Gasteiger partial charge in [0.1, 0.15) is 0 Å². The molecule has 1 aromatic heterocycles. The molecule has 0 aliphatic rings. The molecule has 0 saturated heterocycles. The van der Waals surface area contributed by atoms with Crippen molar-refractivity contribution in [1.29, 1.82) is 0 Å². The van der Waals surface area contributed by atoms with Crippen molar-refractivity contribution < 1.29 is 13.2 Å². The first-order valence-corrected chi connectivity index (χ1v) is 5.99. The summed E-state index contributed by atoms with van der Waals surface area (Å²) in [7, 11) is 0. The van der Waals surface area contributed by atoms with Gasteiger partial charge in [-0.15, -0.1) is 0 Å². The van der Waals surface area contributed by atoms with Crippen LogP contribution in [-0.4, -0.2) is 4.57 Å². The third kappa shape index (κ3) is 2.11. The zero-order valence-corrected chi connectivity index (χ0v) is 10.4. The Kier molecular flexibility index (Phi) is 2.71. The van der Waals surface area contributed by atoms with E-state index in [9.17, 15) is 13.2 Å². The van der Waals surface area contributed by atoms with Crippen molar-refractivity contribution in [3.8, 4) is 5.69 Å². The number of fused-ring (bicyclic) bond motifs is 1. The predicted molar refractivity (Wildman–Crippen MR) is 72.7 cm³/mol. The normalized spacial score (nSPS) is 11.9. The Morgan fingerprint density at radius 2 is 1.60 bits per heavy atom. The molecule has 0 spiro atoms. The van der Waals surface area contributed by atoms with Crippen LogP contribution < -0.4 is 5.73 Å². The predicted octanol–water partition coefficient (Wildman–Crippen LogP) is 4.23. The zero-order chi connectivity index (χ0) is 14.3. The first kappa shape index (κ1) is 12.6. The second-order valence-electron chi connectivity index (χ2n) is 4.55. The van der Waals surface area contributed by atoms with Crippen molar-refractivity contribution in [2.45, 2.75) is 6.18 Å². The molecular weight excluding hydrogens is 265 g/mol. The third-order valence-corrected chi connectivity index (χ3v) is 3.19. The minimum Gasteiger partial charge on any atom is -0.399 e. The van der Waals surface area contributed by atoms with Gasteiger partial charge >= 0.3 is 6.18 Å². The van der Waals surface area contributed by atoms with E-state index in [1.54, 1.807) is 6.07 Å². The van der Waals surface area contributed by atoms with Gasteiger partial charge in [0, 0.05) is 23.0 Å². The molecule has 0 aliphatic carbocycles. The molecule has 0 unspecified atom stereocenters. The van der Waals surface area contributed by atoms with Crippen LogP contribution in [0.25, 0.3) is 16.6 Å². The van der Waals surface area contributed by atoms with E-state index in [0.717, 1.165) is 23.0 Å². The number of nitrogen functional groups attached to an aromatic ring is 1. The molecule has 3 rings (SSSR count). The maximum absolute atomic E-state index is 12.5. The van der Waals surface area contributed by atoms with Crippen LogP contribution in [0.3, 0.4) is 0 Å². The van der Waals surface area contributed by atoms with E-state index in [4.69, 9.17) is 5.73 Å². The second-order valence-corrected chi connectivity index (χ2v) is 4.55. The number of alkyl halides is 3. The number of halogens is 3. The molecule has 2 nitrogen and oxygen atoms in total. The van der Waals surface area contributed by atoms with Crippen molar-refractivity contribution in [1.82, 2.24) is 4.57 Å². The van der Waals surface area contributed by atoms with Gasteiger partial charge in [-0.1, -0.05) is 0 Å². The number of rotatable bonds is 1. The Bertz CT molecular complexity index is 755. The number of benzene rings is 2. The molecule has 2 aromatic carbocycles. The number of anilines is 1. The molecule has 0 atom stereocenters. The number of nitrogens with zero attached hydrogens (tertiary/aromatic N) is 1. The summed E-state index contributed by atoms with van der Waals surface area (Å²) >= 11 is 0. The van der Waals surface area contributed by atoms with Crippen molar-refractivity contribution in [3.63, 3.8) is 0 Å². The molecular formula is C15H11F3N2. The second kappa shape index (κ2) is 4.30. The summed E-state index contributed by atoms with van der Waals surface area (Å²) in [6, 6.07) is 12.4. The lowest BCUT2D eigenvalue weighted by Gasteiger charge is -2.09. The van der Waals surface area contributed by atoms with Crippen LogP contribution in [0.4, 0.5) is 18.9 Å². The largest absolute Gasteiger partial charge is 0.416 e. The molecule has 0 radical (unpaired) electrons.